The summed E-state index contributed by atoms with van der Waals surface area (Å²) in [5.74, 6) is -3.82. The number of esters is 1. The summed E-state index contributed by atoms with van der Waals surface area (Å²) >= 11 is 12.0. The average Bonchev–Trinajstić information content (AvgIpc) is 3.46. The molecule has 0 aromatic heterocycles. The first-order valence-corrected chi connectivity index (χ1v) is 11.2. The molecular weight excluding hydrogens is 477 g/mol. The Morgan fingerprint density at radius 3 is 2.42 bits per heavy atom. The number of carbonyl (C=O) groups is 2. The molecule has 166 valence electrons. The summed E-state index contributed by atoms with van der Waals surface area (Å²) in [5, 5.41) is 1.79. The van der Waals surface area contributed by atoms with Gasteiger partial charge in [0.1, 0.15) is 16.5 Å². The van der Waals surface area contributed by atoms with Gasteiger partial charge in [-0.3, -0.25) is 4.79 Å². The van der Waals surface area contributed by atoms with Crippen molar-refractivity contribution in [3.8, 4) is 0 Å². The molecule has 0 aliphatic heterocycles. The number of halogens is 4. The molecule has 0 radical (unpaired) electrons. The fraction of sp³-hybridized carbons (Fsp3) is 0.263. The van der Waals surface area contributed by atoms with Gasteiger partial charge in [-0.25, -0.2) is 26.7 Å². The van der Waals surface area contributed by atoms with Crippen LogP contribution in [0.1, 0.15) is 30.1 Å². The molecule has 2 aromatic rings. The highest BCUT2D eigenvalue weighted by Gasteiger charge is 2.31. The molecule has 2 aromatic carbocycles. The Morgan fingerprint density at radius 1 is 1.13 bits per heavy atom. The molecule has 2 N–H and O–H groups in total. The fourth-order valence-corrected chi connectivity index (χ4v) is 4.63. The third-order valence-corrected chi connectivity index (χ3v) is 6.57. The van der Waals surface area contributed by atoms with Gasteiger partial charge in [-0.2, -0.15) is 0 Å². The van der Waals surface area contributed by atoms with E-state index in [1.165, 1.54) is 6.92 Å². The number of hydrogen-bond acceptors (Lipinski definition) is 5. The van der Waals surface area contributed by atoms with Gasteiger partial charge in [0.05, 0.1) is 21.3 Å². The van der Waals surface area contributed by atoms with E-state index in [1.807, 2.05) is 0 Å². The van der Waals surface area contributed by atoms with Crippen LogP contribution < -0.4 is 10.0 Å². The molecule has 1 unspecified atom stereocenters. The van der Waals surface area contributed by atoms with E-state index in [9.17, 15) is 26.8 Å². The van der Waals surface area contributed by atoms with Crippen molar-refractivity contribution in [2.45, 2.75) is 36.8 Å². The van der Waals surface area contributed by atoms with Gasteiger partial charge in [-0.05, 0) is 44.0 Å². The number of benzene rings is 2. The van der Waals surface area contributed by atoms with E-state index in [1.54, 1.807) is 0 Å². The van der Waals surface area contributed by atoms with Crippen molar-refractivity contribution in [1.29, 1.82) is 0 Å². The van der Waals surface area contributed by atoms with Crippen LogP contribution in [0.2, 0.25) is 10.0 Å². The van der Waals surface area contributed by atoms with Crippen molar-refractivity contribution in [2.75, 3.05) is 5.32 Å². The molecule has 1 atom stereocenters. The number of rotatable bonds is 7. The molecule has 1 fully saturated rings. The summed E-state index contributed by atoms with van der Waals surface area (Å²) in [6.45, 7) is 1.21. The maximum absolute atomic E-state index is 13.7. The molecule has 0 heterocycles. The van der Waals surface area contributed by atoms with Gasteiger partial charge in [0.15, 0.2) is 6.10 Å². The van der Waals surface area contributed by atoms with Crippen LogP contribution in [0, 0.1) is 11.6 Å². The number of sulfonamides is 1. The predicted molar refractivity (Wildman–Crippen MR) is 110 cm³/mol. The monoisotopic (exact) mass is 492 g/mol. The number of amides is 1. The molecule has 12 heteroatoms. The lowest BCUT2D eigenvalue weighted by molar-refractivity contribution is -0.123. The number of anilines is 1. The van der Waals surface area contributed by atoms with Crippen LogP contribution >= 0.6 is 23.2 Å². The van der Waals surface area contributed by atoms with E-state index >= 15 is 0 Å². The average molecular weight is 493 g/mol. The van der Waals surface area contributed by atoms with Gasteiger partial charge in [-0.1, -0.05) is 23.2 Å². The highest BCUT2D eigenvalue weighted by Crippen LogP contribution is 2.31. The maximum atomic E-state index is 13.7. The van der Waals surface area contributed by atoms with Gasteiger partial charge in [0.2, 0.25) is 10.0 Å². The number of nitrogens with one attached hydrogen (secondary N) is 2. The second kappa shape index (κ2) is 9.07. The van der Waals surface area contributed by atoms with Gasteiger partial charge in [0, 0.05) is 12.1 Å². The van der Waals surface area contributed by atoms with Crippen molar-refractivity contribution in [2.24, 2.45) is 0 Å². The Morgan fingerprint density at radius 2 is 1.81 bits per heavy atom. The fourth-order valence-electron chi connectivity index (χ4n) is 2.48. The smallest absolute Gasteiger partial charge is 0.340 e. The molecule has 0 bridgehead atoms. The van der Waals surface area contributed by atoms with Crippen LogP contribution in [0.3, 0.4) is 0 Å². The van der Waals surface area contributed by atoms with Crippen LogP contribution in [0.15, 0.2) is 35.2 Å². The molecule has 31 heavy (non-hydrogen) atoms. The van der Waals surface area contributed by atoms with Gasteiger partial charge < -0.3 is 10.1 Å². The summed E-state index contributed by atoms with van der Waals surface area (Å²) in [6, 6.07) is 4.39. The standard InChI is InChI=1S/C19H16Cl2F2N2O5S/c1-9(18(26)24-16-5-2-10(22)6-15(16)23)30-19(27)12-7-17(14(21)8-13(12)20)31(28,29)25-11-3-4-11/h2,5-9,11,25H,3-4H2,1H3,(H,24,26). The topological polar surface area (TPSA) is 102 Å². The molecule has 1 amide bonds. The predicted octanol–water partition coefficient (Wildman–Crippen LogP) is 3.90. The molecule has 7 nitrogen and oxygen atoms in total. The van der Waals surface area contributed by atoms with Gasteiger partial charge >= 0.3 is 5.97 Å². The van der Waals surface area contributed by atoms with Crippen LogP contribution in [0.4, 0.5) is 14.5 Å². The summed E-state index contributed by atoms with van der Waals surface area (Å²) in [5.41, 5.74) is -0.631. The summed E-state index contributed by atoms with van der Waals surface area (Å²) in [4.78, 5) is 24.3. The summed E-state index contributed by atoms with van der Waals surface area (Å²) < 4.78 is 59.0. The normalized spacial score (nSPS) is 14.7. The van der Waals surface area contributed by atoms with E-state index in [0.717, 1.165) is 24.3 Å². The lowest BCUT2D eigenvalue weighted by Crippen LogP contribution is -2.30. The maximum Gasteiger partial charge on any atom is 0.340 e. The third-order valence-electron chi connectivity index (χ3n) is 4.27. The van der Waals surface area contributed by atoms with Crippen molar-refractivity contribution >= 4 is 50.8 Å². The molecule has 0 saturated heterocycles. The van der Waals surface area contributed by atoms with Gasteiger partial charge in [0.25, 0.3) is 5.91 Å². The number of hydrogen-bond donors (Lipinski definition) is 2. The van der Waals surface area contributed by atoms with E-state index in [4.69, 9.17) is 27.9 Å². The molecule has 0 spiro atoms. The zero-order chi connectivity index (χ0) is 22.9. The quantitative estimate of drug-likeness (QED) is 0.570. The minimum absolute atomic E-state index is 0.183. The number of ether oxygens (including phenoxy) is 1. The number of carbonyl (C=O) groups excluding carboxylic acids is 2. The molecule has 1 aliphatic carbocycles. The Balaban J connectivity index is 1.76. The lowest BCUT2D eigenvalue weighted by Gasteiger charge is -2.15. The van der Waals surface area contributed by atoms with E-state index in [-0.39, 0.29) is 32.2 Å². The second-order valence-corrected chi connectivity index (χ2v) is 9.32. The Labute approximate surface area is 186 Å². The highest BCUT2D eigenvalue weighted by atomic mass is 35.5. The Kier molecular flexibility index (Phi) is 6.85. The van der Waals surface area contributed by atoms with Crippen molar-refractivity contribution in [3.63, 3.8) is 0 Å². The molecular formula is C19H16Cl2F2N2O5S. The van der Waals surface area contributed by atoms with E-state index < -0.39 is 39.6 Å². The SMILES string of the molecule is CC(OC(=O)c1cc(S(=O)(=O)NC2CC2)c(Cl)cc1Cl)C(=O)Nc1ccc(F)cc1F. The van der Waals surface area contributed by atoms with Crippen molar-refractivity contribution < 1.29 is 31.5 Å². The summed E-state index contributed by atoms with van der Waals surface area (Å²) in [6.07, 6.45) is -0.0188. The molecule has 1 aliphatic rings. The first-order chi connectivity index (χ1) is 14.5. The first kappa shape index (κ1) is 23.4. The second-order valence-electron chi connectivity index (χ2n) is 6.82. The zero-order valence-corrected chi connectivity index (χ0v) is 18.2. The Hall–Kier alpha value is -2.27. The zero-order valence-electron chi connectivity index (χ0n) is 15.9. The van der Waals surface area contributed by atoms with Crippen LogP contribution in [-0.2, 0) is 19.6 Å². The van der Waals surface area contributed by atoms with Crippen LogP contribution in [-0.4, -0.2) is 32.4 Å². The van der Waals surface area contributed by atoms with Crippen molar-refractivity contribution in [1.82, 2.24) is 4.72 Å². The minimum Gasteiger partial charge on any atom is -0.449 e. The minimum atomic E-state index is -3.99. The van der Waals surface area contributed by atoms with E-state index in [2.05, 4.69) is 10.0 Å². The summed E-state index contributed by atoms with van der Waals surface area (Å²) in [7, 11) is -3.99. The Bertz CT molecular complexity index is 1160. The highest BCUT2D eigenvalue weighted by molar-refractivity contribution is 7.89. The largest absolute Gasteiger partial charge is 0.449 e. The lowest BCUT2D eigenvalue weighted by atomic mass is 10.2. The molecule has 1 saturated carbocycles. The van der Waals surface area contributed by atoms with E-state index in [0.29, 0.717) is 18.9 Å². The molecule has 3 rings (SSSR count). The van der Waals surface area contributed by atoms with Gasteiger partial charge in [-0.15, -0.1) is 0 Å². The first-order valence-electron chi connectivity index (χ1n) is 8.96. The van der Waals surface area contributed by atoms with Crippen molar-refractivity contribution in [3.05, 3.63) is 57.6 Å². The van der Waals surface area contributed by atoms with Crippen LogP contribution in [0.25, 0.3) is 0 Å². The van der Waals surface area contributed by atoms with Crippen LogP contribution in [0.5, 0.6) is 0 Å². The third kappa shape index (κ3) is 5.70.